The molecule has 0 saturated carbocycles. The Labute approximate surface area is 103 Å². The molecule has 2 atom stereocenters. The molecular formula is C11H18N2O3S. The van der Waals surface area contributed by atoms with Gasteiger partial charge in [0.2, 0.25) is 0 Å². The van der Waals surface area contributed by atoms with Gasteiger partial charge in [0.05, 0.1) is 11.4 Å². The molecule has 0 bridgehead atoms. The van der Waals surface area contributed by atoms with E-state index >= 15 is 0 Å². The van der Waals surface area contributed by atoms with Crippen molar-refractivity contribution in [3.05, 3.63) is 18.0 Å². The number of carboxylic acid groups (broad SMARTS) is 1. The normalized spacial score (nSPS) is 14.8. The van der Waals surface area contributed by atoms with E-state index in [1.54, 1.807) is 17.7 Å². The van der Waals surface area contributed by atoms with Crippen molar-refractivity contribution < 1.29 is 14.1 Å². The lowest BCUT2D eigenvalue weighted by atomic mass is 10.3. The van der Waals surface area contributed by atoms with Gasteiger partial charge in [-0.3, -0.25) is 13.7 Å². The molecule has 17 heavy (non-hydrogen) atoms. The van der Waals surface area contributed by atoms with Crippen LogP contribution in [0.2, 0.25) is 0 Å². The molecule has 0 amide bonds. The SMILES string of the molecule is CCC(C(=O)O)S(=O)Cc1ccn(C(C)C)n1. The van der Waals surface area contributed by atoms with E-state index in [-0.39, 0.29) is 11.8 Å². The highest BCUT2D eigenvalue weighted by atomic mass is 32.2. The van der Waals surface area contributed by atoms with Crippen molar-refractivity contribution in [3.8, 4) is 0 Å². The summed E-state index contributed by atoms with van der Waals surface area (Å²) >= 11 is 0. The first-order valence-electron chi connectivity index (χ1n) is 5.59. The van der Waals surface area contributed by atoms with Gasteiger partial charge in [0.25, 0.3) is 0 Å². The van der Waals surface area contributed by atoms with Crippen molar-refractivity contribution in [2.45, 2.75) is 44.2 Å². The number of hydrogen-bond donors (Lipinski definition) is 1. The molecule has 1 aromatic heterocycles. The van der Waals surface area contributed by atoms with E-state index in [9.17, 15) is 9.00 Å². The largest absolute Gasteiger partial charge is 0.480 e. The fraction of sp³-hybridized carbons (Fsp3) is 0.636. The minimum absolute atomic E-state index is 0.199. The van der Waals surface area contributed by atoms with Crippen LogP contribution in [0.25, 0.3) is 0 Å². The van der Waals surface area contributed by atoms with Gasteiger partial charge in [-0.05, 0) is 26.3 Å². The van der Waals surface area contributed by atoms with Crippen molar-refractivity contribution >= 4 is 16.8 Å². The first-order chi connectivity index (χ1) is 7.95. The van der Waals surface area contributed by atoms with Gasteiger partial charge < -0.3 is 5.11 Å². The maximum absolute atomic E-state index is 11.8. The summed E-state index contributed by atoms with van der Waals surface area (Å²) in [7, 11) is -1.41. The van der Waals surface area contributed by atoms with Gasteiger partial charge in [0, 0.05) is 23.0 Å². The Hall–Kier alpha value is -1.17. The van der Waals surface area contributed by atoms with E-state index in [2.05, 4.69) is 5.10 Å². The summed E-state index contributed by atoms with van der Waals surface area (Å²) in [5, 5.41) is 12.3. The van der Waals surface area contributed by atoms with Crippen LogP contribution in [0.4, 0.5) is 0 Å². The second kappa shape index (κ2) is 5.95. The summed E-state index contributed by atoms with van der Waals surface area (Å²) in [5.41, 5.74) is 0.678. The lowest BCUT2D eigenvalue weighted by Crippen LogP contribution is -2.25. The molecule has 0 aromatic carbocycles. The highest BCUT2D eigenvalue weighted by Crippen LogP contribution is 2.10. The predicted octanol–water partition coefficient (Wildman–Crippen LogP) is 1.58. The molecule has 1 heterocycles. The number of rotatable bonds is 6. The van der Waals surface area contributed by atoms with Crippen LogP contribution in [-0.2, 0) is 21.3 Å². The van der Waals surface area contributed by atoms with Crippen LogP contribution in [-0.4, -0.2) is 30.3 Å². The van der Waals surface area contributed by atoms with Crippen LogP contribution < -0.4 is 0 Å². The van der Waals surface area contributed by atoms with E-state index in [1.807, 2.05) is 20.0 Å². The first-order valence-corrected chi connectivity index (χ1v) is 6.98. The lowest BCUT2D eigenvalue weighted by molar-refractivity contribution is -0.136. The van der Waals surface area contributed by atoms with Crippen molar-refractivity contribution in [2.75, 3.05) is 0 Å². The molecule has 0 fully saturated rings. The molecule has 2 unspecified atom stereocenters. The number of aliphatic carboxylic acids is 1. The average molecular weight is 258 g/mol. The molecular weight excluding hydrogens is 240 g/mol. The van der Waals surface area contributed by atoms with E-state index < -0.39 is 22.0 Å². The van der Waals surface area contributed by atoms with Crippen LogP contribution in [0.1, 0.15) is 38.9 Å². The molecule has 1 N–H and O–H groups in total. The fourth-order valence-corrected chi connectivity index (χ4v) is 2.70. The van der Waals surface area contributed by atoms with Crippen molar-refractivity contribution in [1.82, 2.24) is 9.78 Å². The van der Waals surface area contributed by atoms with Crippen molar-refractivity contribution in [1.29, 1.82) is 0 Å². The molecule has 96 valence electrons. The van der Waals surface area contributed by atoms with E-state index in [4.69, 9.17) is 5.11 Å². The third-order valence-corrected chi connectivity index (χ3v) is 4.20. The Morgan fingerprint density at radius 1 is 1.59 bits per heavy atom. The summed E-state index contributed by atoms with van der Waals surface area (Å²) in [4.78, 5) is 10.9. The fourth-order valence-electron chi connectivity index (χ4n) is 1.46. The quantitative estimate of drug-likeness (QED) is 0.840. The highest BCUT2D eigenvalue weighted by molar-refractivity contribution is 7.85. The second-order valence-electron chi connectivity index (χ2n) is 4.14. The van der Waals surface area contributed by atoms with Crippen LogP contribution in [0, 0.1) is 0 Å². The maximum Gasteiger partial charge on any atom is 0.319 e. The zero-order chi connectivity index (χ0) is 13.0. The molecule has 0 radical (unpaired) electrons. The predicted molar refractivity (Wildman–Crippen MR) is 66.2 cm³/mol. The van der Waals surface area contributed by atoms with Gasteiger partial charge in [-0.1, -0.05) is 6.92 Å². The van der Waals surface area contributed by atoms with E-state index in [0.717, 1.165) is 0 Å². The molecule has 6 heteroatoms. The van der Waals surface area contributed by atoms with E-state index in [0.29, 0.717) is 12.1 Å². The number of aromatic nitrogens is 2. The Kier molecular flexibility index (Phi) is 4.86. The lowest BCUT2D eigenvalue weighted by Gasteiger charge is -2.08. The second-order valence-corrected chi connectivity index (χ2v) is 5.76. The number of carboxylic acids is 1. The van der Waals surface area contributed by atoms with Gasteiger partial charge >= 0.3 is 5.97 Å². The van der Waals surface area contributed by atoms with Gasteiger partial charge in [-0.25, -0.2) is 0 Å². The monoisotopic (exact) mass is 258 g/mol. The van der Waals surface area contributed by atoms with Crippen molar-refractivity contribution in [2.24, 2.45) is 0 Å². The average Bonchev–Trinajstić information content (AvgIpc) is 2.66. The van der Waals surface area contributed by atoms with Gasteiger partial charge in [0.1, 0.15) is 5.25 Å². The van der Waals surface area contributed by atoms with Crippen LogP contribution in [0.5, 0.6) is 0 Å². The summed E-state index contributed by atoms with van der Waals surface area (Å²) in [6.07, 6.45) is 2.19. The topological polar surface area (TPSA) is 72.2 Å². The maximum atomic E-state index is 11.8. The number of nitrogens with zero attached hydrogens (tertiary/aromatic N) is 2. The minimum Gasteiger partial charge on any atom is -0.480 e. The number of carbonyl (C=O) groups is 1. The summed E-state index contributed by atoms with van der Waals surface area (Å²) in [6, 6.07) is 2.03. The Bertz CT molecular complexity index is 415. The Balaban J connectivity index is 2.70. The van der Waals surface area contributed by atoms with Gasteiger partial charge in [0.15, 0.2) is 0 Å². The van der Waals surface area contributed by atoms with Crippen LogP contribution in [0.3, 0.4) is 0 Å². The zero-order valence-corrected chi connectivity index (χ0v) is 11.1. The smallest absolute Gasteiger partial charge is 0.319 e. The summed E-state index contributed by atoms with van der Waals surface area (Å²) < 4.78 is 13.6. The zero-order valence-electron chi connectivity index (χ0n) is 10.3. The molecule has 0 aliphatic heterocycles. The first kappa shape index (κ1) is 13.9. The summed E-state index contributed by atoms with van der Waals surface area (Å²) in [6.45, 7) is 5.73. The Morgan fingerprint density at radius 2 is 2.24 bits per heavy atom. The Morgan fingerprint density at radius 3 is 2.65 bits per heavy atom. The third-order valence-electron chi connectivity index (χ3n) is 2.45. The molecule has 0 aliphatic rings. The molecule has 1 aromatic rings. The van der Waals surface area contributed by atoms with Crippen molar-refractivity contribution in [3.63, 3.8) is 0 Å². The molecule has 0 spiro atoms. The molecule has 0 saturated heterocycles. The third kappa shape index (κ3) is 3.66. The van der Waals surface area contributed by atoms with Crippen LogP contribution >= 0.6 is 0 Å². The standard InChI is InChI=1S/C11H18N2O3S/c1-4-10(11(14)15)17(16)7-9-5-6-13(12-9)8(2)3/h5-6,8,10H,4,7H2,1-3H3,(H,14,15). The van der Waals surface area contributed by atoms with Crippen LogP contribution in [0.15, 0.2) is 12.3 Å². The minimum atomic E-state index is -1.41. The highest BCUT2D eigenvalue weighted by Gasteiger charge is 2.23. The number of hydrogen-bond acceptors (Lipinski definition) is 3. The van der Waals surface area contributed by atoms with E-state index in [1.165, 1.54) is 0 Å². The summed E-state index contributed by atoms with van der Waals surface area (Å²) in [5.74, 6) is -0.807. The molecule has 0 aliphatic carbocycles. The van der Waals surface area contributed by atoms with Gasteiger partial charge in [-0.15, -0.1) is 0 Å². The molecule has 1 rings (SSSR count). The van der Waals surface area contributed by atoms with Gasteiger partial charge in [-0.2, -0.15) is 5.10 Å². The molecule has 5 nitrogen and oxygen atoms in total.